The van der Waals surface area contributed by atoms with Crippen molar-refractivity contribution in [3.63, 3.8) is 0 Å². The molecule has 5 nitrogen and oxygen atoms in total. The summed E-state index contributed by atoms with van der Waals surface area (Å²) in [6, 6.07) is 0.0788. The van der Waals surface area contributed by atoms with Gasteiger partial charge in [0, 0.05) is 13.1 Å². The van der Waals surface area contributed by atoms with Crippen molar-refractivity contribution in [2.75, 3.05) is 31.6 Å². The predicted molar refractivity (Wildman–Crippen MR) is 90.1 cm³/mol. The molecule has 1 saturated heterocycles. The van der Waals surface area contributed by atoms with Gasteiger partial charge in [-0.3, -0.25) is 4.79 Å². The van der Waals surface area contributed by atoms with Crippen molar-refractivity contribution < 1.29 is 0 Å². The normalized spacial score (nSPS) is 16.7. The molecule has 1 aliphatic rings. The minimum Gasteiger partial charge on any atom is -0.369 e. The third-order valence-corrected chi connectivity index (χ3v) is 4.92. The van der Waals surface area contributed by atoms with E-state index in [0.29, 0.717) is 4.47 Å². The topological polar surface area (TPSA) is 50.2 Å². The van der Waals surface area contributed by atoms with Gasteiger partial charge in [-0.15, -0.1) is 0 Å². The summed E-state index contributed by atoms with van der Waals surface area (Å²) >= 11 is 3.47. The summed E-state index contributed by atoms with van der Waals surface area (Å²) in [5, 5.41) is 7.52. The van der Waals surface area contributed by atoms with Gasteiger partial charge in [0.2, 0.25) is 0 Å². The molecular weight excluding hydrogens is 332 g/mol. The number of nitrogens with one attached hydrogen (secondary N) is 1. The largest absolute Gasteiger partial charge is 0.369 e. The molecule has 1 N–H and O–H groups in total. The van der Waals surface area contributed by atoms with Crippen LogP contribution in [-0.4, -0.2) is 36.5 Å². The van der Waals surface area contributed by atoms with Gasteiger partial charge in [0.15, 0.2) is 0 Å². The van der Waals surface area contributed by atoms with Gasteiger partial charge in [-0.2, -0.15) is 5.10 Å². The quantitative estimate of drug-likeness (QED) is 0.879. The van der Waals surface area contributed by atoms with E-state index >= 15 is 0 Å². The Bertz CT molecular complexity index is 521. The number of halogens is 1. The lowest BCUT2D eigenvalue weighted by molar-refractivity contribution is 0.377. The van der Waals surface area contributed by atoms with Crippen LogP contribution in [-0.2, 0) is 0 Å². The van der Waals surface area contributed by atoms with E-state index in [1.165, 1.54) is 23.9 Å². The van der Waals surface area contributed by atoms with Crippen molar-refractivity contribution in [3.8, 4) is 0 Å². The fraction of sp³-hybridized carbons (Fsp3) is 0.733. The molecule has 1 fully saturated rings. The highest BCUT2D eigenvalue weighted by Crippen LogP contribution is 2.28. The summed E-state index contributed by atoms with van der Waals surface area (Å²) < 4.78 is 2.16. The standard InChI is InChI=1S/C15H25BrN4O/c1-11(2)20-15(21)14(16)13(10-18-20)19-8-5-12(6-9-19)4-7-17-3/h10-12,17H,4-9H2,1-3H3. The van der Waals surface area contributed by atoms with E-state index in [4.69, 9.17) is 0 Å². The van der Waals surface area contributed by atoms with Crippen LogP contribution in [0.25, 0.3) is 0 Å². The first-order chi connectivity index (χ1) is 10.0. The van der Waals surface area contributed by atoms with Gasteiger partial charge in [-0.25, -0.2) is 4.68 Å². The van der Waals surface area contributed by atoms with E-state index in [-0.39, 0.29) is 11.6 Å². The summed E-state index contributed by atoms with van der Waals surface area (Å²) in [6.07, 6.45) is 5.42. The molecule has 0 aromatic carbocycles. The third kappa shape index (κ3) is 3.86. The number of nitrogens with zero attached hydrogens (tertiary/aromatic N) is 3. The number of piperidine rings is 1. The smallest absolute Gasteiger partial charge is 0.283 e. The van der Waals surface area contributed by atoms with Gasteiger partial charge in [0.05, 0.1) is 17.9 Å². The molecule has 2 rings (SSSR count). The Hall–Kier alpha value is -0.880. The van der Waals surface area contributed by atoms with Crippen molar-refractivity contribution in [1.29, 1.82) is 0 Å². The second-order valence-electron chi connectivity index (χ2n) is 6.01. The summed E-state index contributed by atoms with van der Waals surface area (Å²) in [5.41, 5.74) is 0.892. The summed E-state index contributed by atoms with van der Waals surface area (Å²) in [7, 11) is 2.00. The molecule has 0 spiro atoms. The Morgan fingerprint density at radius 3 is 2.67 bits per heavy atom. The van der Waals surface area contributed by atoms with Crippen molar-refractivity contribution >= 4 is 21.6 Å². The van der Waals surface area contributed by atoms with Crippen molar-refractivity contribution in [2.45, 2.75) is 39.2 Å². The molecule has 0 unspecified atom stereocenters. The van der Waals surface area contributed by atoms with Crippen molar-refractivity contribution in [1.82, 2.24) is 15.1 Å². The average Bonchev–Trinajstić information content (AvgIpc) is 2.48. The molecular formula is C15H25BrN4O. The van der Waals surface area contributed by atoms with Crippen molar-refractivity contribution in [3.05, 3.63) is 21.0 Å². The highest BCUT2D eigenvalue weighted by molar-refractivity contribution is 9.10. The van der Waals surface area contributed by atoms with Crippen LogP contribution in [0.2, 0.25) is 0 Å². The zero-order valence-corrected chi connectivity index (χ0v) is 14.7. The predicted octanol–water partition coefficient (Wildman–Crippen LogP) is 2.41. The molecule has 1 aromatic heterocycles. The van der Waals surface area contributed by atoms with Crippen LogP contribution in [0, 0.1) is 5.92 Å². The number of hydrogen-bond donors (Lipinski definition) is 1. The molecule has 0 amide bonds. The fourth-order valence-corrected chi connectivity index (χ4v) is 3.37. The lowest BCUT2D eigenvalue weighted by Gasteiger charge is -2.34. The van der Waals surface area contributed by atoms with Gasteiger partial charge in [-0.1, -0.05) is 0 Å². The zero-order valence-electron chi connectivity index (χ0n) is 13.1. The van der Waals surface area contributed by atoms with E-state index in [0.717, 1.165) is 31.2 Å². The molecule has 0 saturated carbocycles. The molecule has 0 atom stereocenters. The van der Waals surface area contributed by atoms with E-state index in [2.05, 4.69) is 31.2 Å². The van der Waals surface area contributed by atoms with E-state index in [1.807, 2.05) is 27.1 Å². The monoisotopic (exact) mass is 356 g/mol. The van der Waals surface area contributed by atoms with Gasteiger partial charge in [0.1, 0.15) is 4.47 Å². The Morgan fingerprint density at radius 2 is 2.10 bits per heavy atom. The molecule has 0 aliphatic carbocycles. The Balaban J connectivity index is 2.07. The molecule has 21 heavy (non-hydrogen) atoms. The SMILES string of the molecule is CNCCC1CCN(c2cnn(C(C)C)c(=O)c2Br)CC1. The summed E-state index contributed by atoms with van der Waals surface area (Å²) in [5.74, 6) is 0.788. The van der Waals surface area contributed by atoms with Crippen LogP contribution in [0.5, 0.6) is 0 Å². The number of rotatable bonds is 5. The van der Waals surface area contributed by atoms with E-state index in [1.54, 1.807) is 0 Å². The lowest BCUT2D eigenvalue weighted by Crippen LogP contribution is -2.36. The van der Waals surface area contributed by atoms with Crippen LogP contribution in [0.3, 0.4) is 0 Å². The molecule has 2 heterocycles. The highest BCUT2D eigenvalue weighted by Gasteiger charge is 2.22. The summed E-state index contributed by atoms with van der Waals surface area (Å²) in [4.78, 5) is 14.6. The van der Waals surface area contributed by atoms with Crippen LogP contribution < -0.4 is 15.8 Å². The second-order valence-corrected chi connectivity index (χ2v) is 6.80. The number of aromatic nitrogens is 2. The Morgan fingerprint density at radius 1 is 1.43 bits per heavy atom. The van der Waals surface area contributed by atoms with Gasteiger partial charge >= 0.3 is 0 Å². The van der Waals surface area contributed by atoms with Crippen LogP contribution >= 0.6 is 15.9 Å². The van der Waals surface area contributed by atoms with Gasteiger partial charge in [0.25, 0.3) is 5.56 Å². The van der Waals surface area contributed by atoms with Gasteiger partial charge < -0.3 is 10.2 Å². The maximum absolute atomic E-state index is 12.3. The number of hydrogen-bond acceptors (Lipinski definition) is 4. The second kappa shape index (κ2) is 7.40. The fourth-order valence-electron chi connectivity index (χ4n) is 2.84. The highest BCUT2D eigenvalue weighted by atomic mass is 79.9. The zero-order chi connectivity index (χ0) is 15.4. The molecule has 1 aliphatic heterocycles. The lowest BCUT2D eigenvalue weighted by atomic mass is 9.93. The first kappa shape index (κ1) is 16.5. The summed E-state index contributed by atoms with van der Waals surface area (Å²) in [6.45, 7) is 7.02. The first-order valence-corrected chi connectivity index (χ1v) is 8.50. The van der Waals surface area contributed by atoms with Crippen LogP contribution in [0.1, 0.15) is 39.2 Å². The minimum absolute atomic E-state index is 0.0418. The van der Waals surface area contributed by atoms with Crippen LogP contribution in [0.15, 0.2) is 15.5 Å². The van der Waals surface area contributed by atoms with E-state index < -0.39 is 0 Å². The molecule has 6 heteroatoms. The number of anilines is 1. The molecule has 0 radical (unpaired) electrons. The molecule has 0 bridgehead atoms. The first-order valence-electron chi connectivity index (χ1n) is 7.71. The molecule has 118 valence electrons. The van der Waals surface area contributed by atoms with Crippen molar-refractivity contribution in [2.24, 2.45) is 5.92 Å². The third-order valence-electron chi connectivity index (χ3n) is 4.17. The van der Waals surface area contributed by atoms with Gasteiger partial charge in [-0.05, 0) is 68.6 Å². The van der Waals surface area contributed by atoms with Crippen LogP contribution in [0.4, 0.5) is 5.69 Å². The Labute approximate surface area is 134 Å². The Kier molecular flexibility index (Phi) is 5.81. The maximum atomic E-state index is 12.3. The minimum atomic E-state index is -0.0418. The molecule has 1 aromatic rings. The average molecular weight is 357 g/mol. The van der Waals surface area contributed by atoms with E-state index in [9.17, 15) is 4.79 Å². The maximum Gasteiger partial charge on any atom is 0.283 e.